The van der Waals surface area contributed by atoms with Crippen molar-refractivity contribution in [1.29, 1.82) is 0 Å². The van der Waals surface area contributed by atoms with Crippen LogP contribution in [0.3, 0.4) is 0 Å². The molecule has 32 heavy (non-hydrogen) atoms. The Balaban J connectivity index is 1.57. The summed E-state index contributed by atoms with van der Waals surface area (Å²) in [6, 6.07) is 14.6. The summed E-state index contributed by atoms with van der Waals surface area (Å²) in [7, 11) is 0. The van der Waals surface area contributed by atoms with E-state index in [0.717, 1.165) is 11.3 Å². The number of amides is 3. The molecule has 1 aliphatic rings. The van der Waals surface area contributed by atoms with Gasteiger partial charge in [-0.15, -0.1) is 10.2 Å². The molecule has 3 amide bonds. The van der Waals surface area contributed by atoms with Crippen LogP contribution in [0.15, 0.2) is 53.7 Å². The van der Waals surface area contributed by atoms with E-state index in [1.54, 1.807) is 0 Å². The van der Waals surface area contributed by atoms with Crippen molar-refractivity contribution in [2.24, 2.45) is 0 Å². The summed E-state index contributed by atoms with van der Waals surface area (Å²) in [6.07, 6.45) is 0. The Bertz CT molecular complexity index is 1140. The number of aromatic nitrogens is 3. The van der Waals surface area contributed by atoms with Gasteiger partial charge in [-0.3, -0.25) is 14.7 Å². The molecule has 9 nitrogen and oxygen atoms in total. The molecule has 2 N–H and O–H groups in total. The number of nitrogens with one attached hydrogen (secondary N) is 2. The van der Waals surface area contributed by atoms with Crippen molar-refractivity contribution in [2.75, 3.05) is 12.5 Å². The summed E-state index contributed by atoms with van der Waals surface area (Å²) < 4.78 is 12.7. The van der Waals surface area contributed by atoms with Crippen LogP contribution in [0, 0.1) is 0 Å². The number of fused-ring (bicyclic) bond motifs is 1. The molecule has 166 valence electrons. The van der Waals surface area contributed by atoms with E-state index < -0.39 is 17.5 Å². The molecule has 1 aromatic heterocycles. The second kappa shape index (κ2) is 8.91. The monoisotopic (exact) mass is 453 g/mol. The summed E-state index contributed by atoms with van der Waals surface area (Å²) in [5, 5.41) is 14.2. The third-order valence-electron chi connectivity index (χ3n) is 4.35. The smallest absolute Gasteiger partial charge is 0.321 e. The van der Waals surface area contributed by atoms with Gasteiger partial charge in [-0.25, -0.2) is 4.79 Å². The number of thioether (sulfide) groups is 1. The average molecular weight is 454 g/mol. The van der Waals surface area contributed by atoms with E-state index in [-0.39, 0.29) is 12.5 Å². The van der Waals surface area contributed by atoms with Crippen molar-refractivity contribution < 1.29 is 19.1 Å². The van der Waals surface area contributed by atoms with Gasteiger partial charge in [-0.2, -0.15) is 0 Å². The maximum Gasteiger partial charge on any atom is 0.321 e. The summed E-state index contributed by atoms with van der Waals surface area (Å²) in [6.45, 7) is 5.70. The van der Waals surface area contributed by atoms with E-state index in [1.807, 2.05) is 73.9 Å². The first kappa shape index (κ1) is 21.7. The fourth-order valence-electron chi connectivity index (χ4n) is 3.06. The summed E-state index contributed by atoms with van der Waals surface area (Å²) in [5.41, 5.74) is 1.20. The fraction of sp³-hybridized carbons (Fsp3) is 0.273. The predicted octanol–water partition coefficient (Wildman–Crippen LogP) is 3.38. The Morgan fingerprint density at radius 3 is 2.56 bits per heavy atom. The third-order valence-corrected chi connectivity index (χ3v) is 5.28. The minimum absolute atomic E-state index is 0.00364. The summed E-state index contributed by atoms with van der Waals surface area (Å²) in [4.78, 5) is 24.2. The largest absolute Gasteiger partial charge is 0.454 e. The van der Waals surface area contributed by atoms with E-state index in [1.165, 1.54) is 11.8 Å². The molecular weight excluding hydrogens is 430 g/mol. The molecule has 2 heterocycles. The first-order chi connectivity index (χ1) is 15.3. The second-order valence-corrected chi connectivity index (χ2v) is 9.03. The predicted molar refractivity (Wildman–Crippen MR) is 120 cm³/mol. The number of urea groups is 1. The first-order valence-electron chi connectivity index (χ1n) is 9.96. The van der Waals surface area contributed by atoms with Gasteiger partial charge in [0.05, 0.1) is 5.75 Å². The lowest BCUT2D eigenvalue weighted by molar-refractivity contribution is -0.117. The lowest BCUT2D eigenvalue weighted by Gasteiger charge is -2.20. The SMILES string of the molecule is CC(C)(C)NC(=O)NC(=O)CSc1nnc(-c2ccc3c(c2)OCO3)n1-c1ccccc1. The van der Waals surface area contributed by atoms with Crippen LogP contribution in [0.4, 0.5) is 4.79 Å². The maximum absolute atomic E-state index is 12.3. The molecule has 0 unspecified atom stereocenters. The van der Waals surface area contributed by atoms with Gasteiger partial charge < -0.3 is 14.8 Å². The minimum atomic E-state index is -0.534. The Morgan fingerprint density at radius 1 is 1.06 bits per heavy atom. The molecule has 0 fully saturated rings. The number of imide groups is 1. The Hall–Kier alpha value is -3.53. The number of hydrogen-bond acceptors (Lipinski definition) is 7. The van der Waals surface area contributed by atoms with Gasteiger partial charge in [-0.1, -0.05) is 30.0 Å². The van der Waals surface area contributed by atoms with Gasteiger partial charge in [-0.05, 0) is 51.1 Å². The second-order valence-electron chi connectivity index (χ2n) is 8.09. The van der Waals surface area contributed by atoms with Gasteiger partial charge >= 0.3 is 6.03 Å². The number of rotatable bonds is 5. The molecule has 0 atom stereocenters. The van der Waals surface area contributed by atoms with Crippen molar-refractivity contribution in [3.63, 3.8) is 0 Å². The van der Waals surface area contributed by atoms with Gasteiger partial charge in [0, 0.05) is 16.8 Å². The number of nitrogens with zero attached hydrogens (tertiary/aromatic N) is 3. The highest BCUT2D eigenvalue weighted by molar-refractivity contribution is 7.99. The molecule has 2 aromatic carbocycles. The highest BCUT2D eigenvalue weighted by atomic mass is 32.2. The zero-order valence-corrected chi connectivity index (χ0v) is 18.7. The molecule has 0 saturated heterocycles. The van der Waals surface area contributed by atoms with Crippen molar-refractivity contribution >= 4 is 23.7 Å². The highest BCUT2D eigenvalue weighted by Crippen LogP contribution is 2.37. The Kier molecular flexibility index (Phi) is 6.04. The molecule has 1 aliphatic heterocycles. The molecule has 0 aliphatic carbocycles. The average Bonchev–Trinajstić information content (AvgIpc) is 3.37. The number of ether oxygens (including phenoxy) is 2. The van der Waals surface area contributed by atoms with Gasteiger partial charge in [0.25, 0.3) is 0 Å². The molecule has 0 bridgehead atoms. The van der Waals surface area contributed by atoms with E-state index in [9.17, 15) is 9.59 Å². The van der Waals surface area contributed by atoms with E-state index in [2.05, 4.69) is 20.8 Å². The fourth-order valence-corrected chi connectivity index (χ4v) is 3.81. The number of benzene rings is 2. The zero-order valence-electron chi connectivity index (χ0n) is 17.9. The standard InChI is InChI=1S/C22H23N5O4S/c1-22(2,3)24-20(29)23-18(28)12-32-21-26-25-19(27(21)15-7-5-4-6-8-15)14-9-10-16-17(11-14)31-13-30-16/h4-11H,12-13H2,1-3H3,(H2,23,24,28,29). The van der Waals surface area contributed by atoms with Crippen LogP contribution < -0.4 is 20.1 Å². The highest BCUT2D eigenvalue weighted by Gasteiger charge is 2.21. The van der Waals surface area contributed by atoms with Gasteiger partial charge in [0.2, 0.25) is 12.7 Å². The summed E-state index contributed by atoms with van der Waals surface area (Å²) >= 11 is 1.19. The van der Waals surface area contributed by atoms with Crippen LogP contribution in [0.5, 0.6) is 11.5 Å². The molecule has 0 saturated carbocycles. The Morgan fingerprint density at radius 2 is 1.81 bits per heavy atom. The van der Waals surface area contributed by atoms with Gasteiger partial charge in [0.1, 0.15) is 0 Å². The Labute approximate surface area is 189 Å². The van der Waals surface area contributed by atoms with Crippen LogP contribution in [0.1, 0.15) is 20.8 Å². The van der Waals surface area contributed by atoms with E-state index in [4.69, 9.17) is 9.47 Å². The van der Waals surface area contributed by atoms with Crippen molar-refractivity contribution in [1.82, 2.24) is 25.4 Å². The van der Waals surface area contributed by atoms with Crippen molar-refractivity contribution in [3.05, 3.63) is 48.5 Å². The normalized spacial score (nSPS) is 12.5. The van der Waals surface area contributed by atoms with Crippen molar-refractivity contribution in [2.45, 2.75) is 31.5 Å². The number of para-hydroxylation sites is 1. The lowest BCUT2D eigenvalue weighted by Crippen LogP contribution is -2.48. The number of hydrogen-bond donors (Lipinski definition) is 2. The van der Waals surface area contributed by atoms with Crippen LogP contribution in [-0.4, -0.2) is 44.8 Å². The van der Waals surface area contributed by atoms with Crippen LogP contribution in [0.2, 0.25) is 0 Å². The number of carbonyl (C=O) groups excluding carboxylic acids is 2. The quantitative estimate of drug-likeness (QED) is 0.570. The van der Waals surface area contributed by atoms with Crippen LogP contribution in [0.25, 0.3) is 17.1 Å². The molecule has 3 aromatic rings. The lowest BCUT2D eigenvalue weighted by atomic mass is 10.1. The third kappa shape index (κ3) is 5.02. The van der Waals surface area contributed by atoms with Crippen molar-refractivity contribution in [3.8, 4) is 28.6 Å². The van der Waals surface area contributed by atoms with E-state index in [0.29, 0.717) is 22.5 Å². The molecule has 4 rings (SSSR count). The summed E-state index contributed by atoms with van der Waals surface area (Å²) in [5.74, 6) is 1.50. The topological polar surface area (TPSA) is 107 Å². The zero-order chi connectivity index (χ0) is 22.7. The molecule has 0 spiro atoms. The van der Waals surface area contributed by atoms with Gasteiger partial charge in [0.15, 0.2) is 22.5 Å². The molecular formula is C22H23N5O4S. The van der Waals surface area contributed by atoms with E-state index >= 15 is 0 Å². The minimum Gasteiger partial charge on any atom is -0.454 e. The molecule has 10 heteroatoms. The first-order valence-corrected chi connectivity index (χ1v) is 10.9. The van der Waals surface area contributed by atoms with Crippen LogP contribution in [-0.2, 0) is 4.79 Å². The number of carbonyl (C=O) groups is 2. The molecule has 0 radical (unpaired) electrons. The maximum atomic E-state index is 12.3. The van der Waals surface area contributed by atoms with Crippen LogP contribution >= 0.6 is 11.8 Å².